The van der Waals surface area contributed by atoms with Crippen molar-refractivity contribution < 1.29 is 9.59 Å². The van der Waals surface area contributed by atoms with Gasteiger partial charge in [-0.05, 0) is 42.0 Å². The molecular weight excluding hydrogens is 354 g/mol. The minimum absolute atomic E-state index is 0.102. The van der Waals surface area contributed by atoms with Crippen LogP contribution in [0.2, 0.25) is 0 Å². The summed E-state index contributed by atoms with van der Waals surface area (Å²) in [5, 5.41) is 2.81. The van der Waals surface area contributed by atoms with Crippen molar-refractivity contribution in [3.63, 3.8) is 0 Å². The molecule has 2 aromatic heterocycles. The van der Waals surface area contributed by atoms with Crippen LogP contribution in [0.25, 0.3) is 0 Å². The van der Waals surface area contributed by atoms with Crippen molar-refractivity contribution in [1.29, 1.82) is 0 Å². The fourth-order valence-electron chi connectivity index (χ4n) is 2.76. The highest BCUT2D eigenvalue weighted by Crippen LogP contribution is 2.19. The zero-order valence-electron chi connectivity index (χ0n) is 15.4. The normalized spacial score (nSPS) is 11.5. The highest BCUT2D eigenvalue weighted by Gasteiger charge is 2.17. The molecule has 0 radical (unpaired) electrons. The number of amides is 2. The number of rotatable bonds is 6. The number of carbonyl (C=O) groups excluding carboxylic acids is 2. The second kappa shape index (κ2) is 8.88. The molecule has 0 fully saturated rings. The van der Waals surface area contributed by atoms with Gasteiger partial charge in [0.2, 0.25) is 5.91 Å². The molecule has 1 atom stereocenters. The van der Waals surface area contributed by atoms with Gasteiger partial charge >= 0.3 is 0 Å². The van der Waals surface area contributed by atoms with E-state index < -0.39 is 6.04 Å². The number of anilines is 2. The molecule has 3 aromatic rings. The summed E-state index contributed by atoms with van der Waals surface area (Å²) in [7, 11) is 0. The Kier molecular flexibility index (Phi) is 6.08. The highest BCUT2D eigenvalue weighted by molar-refractivity contribution is 6.04. The molecule has 0 saturated heterocycles. The Bertz CT molecular complexity index is 930. The van der Waals surface area contributed by atoms with E-state index >= 15 is 0 Å². The van der Waals surface area contributed by atoms with Crippen LogP contribution in [0, 0.1) is 0 Å². The van der Waals surface area contributed by atoms with Crippen LogP contribution in [0.1, 0.15) is 28.9 Å². The largest absolute Gasteiger partial charge is 0.322 e. The summed E-state index contributed by atoms with van der Waals surface area (Å²) in [4.78, 5) is 33.8. The van der Waals surface area contributed by atoms with Crippen molar-refractivity contribution in [1.82, 2.24) is 9.97 Å². The molecule has 142 valence electrons. The van der Waals surface area contributed by atoms with E-state index in [2.05, 4.69) is 15.3 Å². The van der Waals surface area contributed by atoms with Gasteiger partial charge in [-0.3, -0.25) is 19.6 Å². The zero-order chi connectivity index (χ0) is 19.9. The van der Waals surface area contributed by atoms with Crippen molar-refractivity contribution in [3.05, 3.63) is 84.4 Å². The Morgan fingerprint density at radius 2 is 1.54 bits per heavy atom. The maximum absolute atomic E-state index is 12.3. The molecule has 7 heteroatoms. The van der Waals surface area contributed by atoms with Gasteiger partial charge in [-0.1, -0.05) is 12.1 Å². The number of benzene rings is 1. The number of nitrogens with one attached hydrogen (secondary N) is 1. The van der Waals surface area contributed by atoms with Crippen LogP contribution >= 0.6 is 0 Å². The number of nitrogens with zero attached hydrogens (tertiary/aromatic N) is 3. The van der Waals surface area contributed by atoms with Gasteiger partial charge in [0.05, 0.1) is 0 Å². The lowest BCUT2D eigenvalue weighted by Gasteiger charge is -2.25. The Labute approximate surface area is 163 Å². The minimum Gasteiger partial charge on any atom is -0.322 e. The van der Waals surface area contributed by atoms with Gasteiger partial charge in [0.25, 0.3) is 5.91 Å². The molecule has 3 N–H and O–H groups in total. The predicted molar refractivity (Wildman–Crippen MR) is 108 cm³/mol. The molecule has 0 aliphatic heterocycles. The molecular formula is C21H21N5O2. The second-order valence-electron chi connectivity index (χ2n) is 6.25. The van der Waals surface area contributed by atoms with Gasteiger partial charge < -0.3 is 16.0 Å². The van der Waals surface area contributed by atoms with Crippen LogP contribution in [-0.4, -0.2) is 28.3 Å². The molecule has 2 heterocycles. The van der Waals surface area contributed by atoms with Gasteiger partial charge in [0, 0.05) is 61.2 Å². The van der Waals surface area contributed by atoms with Crippen molar-refractivity contribution >= 4 is 23.2 Å². The van der Waals surface area contributed by atoms with E-state index in [4.69, 9.17) is 5.73 Å². The van der Waals surface area contributed by atoms with Gasteiger partial charge in [0.1, 0.15) is 0 Å². The number of nitrogens with two attached hydrogens (primary N) is 1. The number of hydrogen-bond acceptors (Lipinski definition) is 5. The molecule has 0 aliphatic carbocycles. The highest BCUT2D eigenvalue weighted by atomic mass is 16.2. The summed E-state index contributed by atoms with van der Waals surface area (Å²) in [6, 6.07) is 13.6. The maximum Gasteiger partial charge on any atom is 0.255 e. The second-order valence-corrected chi connectivity index (χ2v) is 6.25. The summed E-state index contributed by atoms with van der Waals surface area (Å²) in [6.07, 6.45) is 6.49. The van der Waals surface area contributed by atoms with Gasteiger partial charge in [-0.2, -0.15) is 0 Å². The lowest BCUT2D eigenvalue weighted by molar-refractivity contribution is -0.116. The van der Waals surface area contributed by atoms with E-state index in [0.29, 0.717) is 17.8 Å². The van der Waals surface area contributed by atoms with Crippen LogP contribution in [0.5, 0.6) is 0 Å². The average molecular weight is 375 g/mol. The first-order valence-electron chi connectivity index (χ1n) is 8.79. The quantitative estimate of drug-likeness (QED) is 0.690. The lowest BCUT2D eigenvalue weighted by Crippen LogP contribution is -2.35. The standard InChI is InChI=1S/C21H21N5O2/c1-15(27)26(19-8-12-24-13-9-19)14-20(22)16-2-4-17(5-3-16)21(28)25-18-6-10-23-11-7-18/h2-13,20H,14,22H2,1H3,(H,23,25,28). The average Bonchev–Trinajstić information content (AvgIpc) is 2.73. The molecule has 0 saturated carbocycles. The fourth-order valence-corrected chi connectivity index (χ4v) is 2.76. The molecule has 0 bridgehead atoms. The van der Waals surface area contributed by atoms with E-state index in [0.717, 1.165) is 11.3 Å². The van der Waals surface area contributed by atoms with Gasteiger partial charge in [-0.25, -0.2) is 0 Å². The molecule has 28 heavy (non-hydrogen) atoms. The first-order valence-corrected chi connectivity index (χ1v) is 8.79. The molecule has 2 amide bonds. The molecule has 0 aliphatic rings. The lowest BCUT2D eigenvalue weighted by atomic mass is 10.0. The summed E-state index contributed by atoms with van der Waals surface area (Å²) in [6.45, 7) is 1.82. The SMILES string of the molecule is CC(=O)N(CC(N)c1ccc(C(=O)Nc2ccncc2)cc1)c1ccncc1. The Hall–Kier alpha value is -3.58. The third-order valence-electron chi connectivity index (χ3n) is 4.27. The number of aromatic nitrogens is 2. The van der Waals surface area contributed by atoms with Crippen molar-refractivity contribution in [2.45, 2.75) is 13.0 Å². The Morgan fingerprint density at radius 1 is 0.964 bits per heavy atom. The number of carbonyl (C=O) groups is 2. The van der Waals surface area contributed by atoms with Crippen LogP contribution in [0.4, 0.5) is 11.4 Å². The molecule has 0 spiro atoms. The molecule has 3 rings (SSSR count). The zero-order valence-corrected chi connectivity index (χ0v) is 15.4. The predicted octanol–water partition coefficient (Wildman–Crippen LogP) is 2.78. The smallest absolute Gasteiger partial charge is 0.255 e. The van der Waals surface area contributed by atoms with Crippen LogP contribution in [0.15, 0.2) is 73.3 Å². The van der Waals surface area contributed by atoms with E-state index in [9.17, 15) is 9.59 Å². The summed E-state index contributed by atoms with van der Waals surface area (Å²) in [5.74, 6) is -0.316. The molecule has 1 unspecified atom stereocenters. The molecule has 1 aromatic carbocycles. The summed E-state index contributed by atoms with van der Waals surface area (Å²) >= 11 is 0. The van der Waals surface area contributed by atoms with Crippen LogP contribution in [0.3, 0.4) is 0 Å². The van der Waals surface area contributed by atoms with Gasteiger partial charge in [-0.15, -0.1) is 0 Å². The van der Waals surface area contributed by atoms with Crippen molar-refractivity contribution in [2.24, 2.45) is 5.73 Å². The van der Waals surface area contributed by atoms with E-state index in [1.807, 2.05) is 0 Å². The van der Waals surface area contributed by atoms with E-state index in [1.54, 1.807) is 78.2 Å². The Morgan fingerprint density at radius 3 is 2.11 bits per heavy atom. The number of hydrogen-bond donors (Lipinski definition) is 2. The van der Waals surface area contributed by atoms with Gasteiger partial charge in [0.15, 0.2) is 0 Å². The maximum atomic E-state index is 12.3. The minimum atomic E-state index is -0.394. The summed E-state index contributed by atoms with van der Waals surface area (Å²) < 4.78 is 0. The number of pyridine rings is 2. The molecule has 7 nitrogen and oxygen atoms in total. The first-order chi connectivity index (χ1) is 13.5. The topological polar surface area (TPSA) is 101 Å². The third-order valence-corrected chi connectivity index (χ3v) is 4.27. The van der Waals surface area contributed by atoms with Crippen LogP contribution < -0.4 is 16.0 Å². The fraction of sp³-hybridized carbons (Fsp3) is 0.143. The third kappa shape index (κ3) is 4.77. The van der Waals surface area contributed by atoms with Crippen molar-refractivity contribution in [2.75, 3.05) is 16.8 Å². The monoisotopic (exact) mass is 375 g/mol. The summed E-state index contributed by atoms with van der Waals surface area (Å²) in [5.41, 5.74) is 9.07. The van der Waals surface area contributed by atoms with E-state index in [1.165, 1.54) is 6.92 Å². The Balaban J connectivity index is 1.68. The first kappa shape index (κ1) is 19.2. The van der Waals surface area contributed by atoms with Crippen molar-refractivity contribution in [3.8, 4) is 0 Å². The van der Waals surface area contributed by atoms with E-state index in [-0.39, 0.29) is 11.8 Å². The van der Waals surface area contributed by atoms with Crippen LogP contribution in [-0.2, 0) is 4.79 Å².